The summed E-state index contributed by atoms with van der Waals surface area (Å²) in [7, 11) is 0. The minimum absolute atomic E-state index is 0.116. The molecule has 4 nitrogen and oxygen atoms in total. The minimum Gasteiger partial charge on any atom is -0.355 e. The quantitative estimate of drug-likeness (QED) is 0.700. The summed E-state index contributed by atoms with van der Waals surface area (Å²) >= 11 is 0. The third-order valence-electron chi connectivity index (χ3n) is 3.19. The van der Waals surface area contributed by atoms with Crippen molar-refractivity contribution in [1.82, 2.24) is 10.2 Å². The molecule has 2 unspecified atom stereocenters. The number of likely N-dealkylation sites (tertiary alicyclic amines) is 1. The lowest BCUT2D eigenvalue weighted by Gasteiger charge is -2.38. The third-order valence-corrected chi connectivity index (χ3v) is 3.19. The molecule has 1 rings (SSSR count). The van der Waals surface area contributed by atoms with Crippen LogP contribution in [0.2, 0.25) is 0 Å². The zero-order chi connectivity index (χ0) is 11.3. The summed E-state index contributed by atoms with van der Waals surface area (Å²) in [6.45, 7) is 7.03. The van der Waals surface area contributed by atoms with Gasteiger partial charge in [0.15, 0.2) is 0 Å². The first-order valence-electron chi connectivity index (χ1n) is 5.89. The Labute approximate surface area is 92.2 Å². The van der Waals surface area contributed by atoms with E-state index in [-0.39, 0.29) is 5.91 Å². The smallest absolute Gasteiger partial charge is 0.234 e. The lowest BCUT2D eigenvalue weighted by Crippen LogP contribution is -2.51. The van der Waals surface area contributed by atoms with Crippen molar-refractivity contribution < 1.29 is 4.79 Å². The summed E-state index contributed by atoms with van der Waals surface area (Å²) in [6.07, 6.45) is 2.41. The molecular formula is C11H23N3O. The summed E-state index contributed by atoms with van der Waals surface area (Å²) in [4.78, 5) is 13.7. The molecular weight excluding hydrogens is 190 g/mol. The number of rotatable bonds is 4. The van der Waals surface area contributed by atoms with Gasteiger partial charge in [0, 0.05) is 19.1 Å². The van der Waals surface area contributed by atoms with E-state index in [1.807, 2.05) is 6.92 Å². The molecule has 1 fully saturated rings. The maximum absolute atomic E-state index is 11.5. The van der Waals surface area contributed by atoms with Crippen LogP contribution < -0.4 is 11.1 Å². The van der Waals surface area contributed by atoms with Gasteiger partial charge in [-0.25, -0.2) is 0 Å². The second-order valence-corrected chi connectivity index (χ2v) is 4.35. The zero-order valence-corrected chi connectivity index (χ0v) is 9.83. The van der Waals surface area contributed by atoms with Crippen LogP contribution in [0.5, 0.6) is 0 Å². The molecule has 4 heteroatoms. The van der Waals surface area contributed by atoms with E-state index in [2.05, 4.69) is 17.1 Å². The number of piperidine rings is 1. The van der Waals surface area contributed by atoms with Crippen LogP contribution >= 0.6 is 0 Å². The van der Waals surface area contributed by atoms with Crippen LogP contribution in [-0.4, -0.2) is 43.0 Å². The van der Waals surface area contributed by atoms with E-state index in [0.29, 0.717) is 31.6 Å². The molecule has 0 bridgehead atoms. The number of likely N-dealkylation sites (N-methyl/N-ethyl adjacent to an activating group) is 1. The predicted octanol–water partition coefficient (Wildman–Crippen LogP) is 0.182. The topological polar surface area (TPSA) is 58.4 Å². The van der Waals surface area contributed by atoms with E-state index in [1.165, 1.54) is 12.8 Å². The van der Waals surface area contributed by atoms with Crippen LogP contribution in [0.1, 0.15) is 26.7 Å². The minimum atomic E-state index is 0.116. The largest absolute Gasteiger partial charge is 0.355 e. The maximum atomic E-state index is 11.5. The van der Waals surface area contributed by atoms with Crippen LogP contribution in [0, 0.1) is 5.92 Å². The monoisotopic (exact) mass is 213 g/mol. The summed E-state index contributed by atoms with van der Waals surface area (Å²) in [5.41, 5.74) is 5.76. The molecule has 3 N–H and O–H groups in total. The van der Waals surface area contributed by atoms with E-state index in [4.69, 9.17) is 5.73 Å². The van der Waals surface area contributed by atoms with Crippen molar-refractivity contribution >= 4 is 5.91 Å². The number of hydrogen-bond acceptors (Lipinski definition) is 3. The highest BCUT2D eigenvalue weighted by Crippen LogP contribution is 2.21. The Kier molecular flexibility index (Phi) is 5.05. The van der Waals surface area contributed by atoms with Gasteiger partial charge < -0.3 is 11.1 Å². The average molecular weight is 213 g/mol. The van der Waals surface area contributed by atoms with Crippen molar-refractivity contribution in [3.8, 4) is 0 Å². The van der Waals surface area contributed by atoms with Gasteiger partial charge in [0.2, 0.25) is 5.91 Å². The van der Waals surface area contributed by atoms with E-state index in [0.717, 1.165) is 6.54 Å². The molecule has 88 valence electrons. The van der Waals surface area contributed by atoms with Crippen molar-refractivity contribution in [3.63, 3.8) is 0 Å². The van der Waals surface area contributed by atoms with E-state index in [1.54, 1.807) is 0 Å². The number of nitrogens with one attached hydrogen (secondary N) is 1. The van der Waals surface area contributed by atoms with Gasteiger partial charge in [-0.05, 0) is 32.2 Å². The van der Waals surface area contributed by atoms with Gasteiger partial charge >= 0.3 is 0 Å². The lowest BCUT2D eigenvalue weighted by atomic mass is 9.91. The molecule has 0 radical (unpaired) electrons. The molecule has 0 aromatic heterocycles. The van der Waals surface area contributed by atoms with Gasteiger partial charge in [-0.2, -0.15) is 0 Å². The number of carbonyl (C=O) groups is 1. The predicted molar refractivity (Wildman–Crippen MR) is 61.5 cm³/mol. The first-order valence-corrected chi connectivity index (χ1v) is 5.89. The molecule has 15 heavy (non-hydrogen) atoms. The summed E-state index contributed by atoms with van der Waals surface area (Å²) in [6, 6.07) is 0.376. The summed E-state index contributed by atoms with van der Waals surface area (Å²) in [5.74, 6) is 0.725. The second kappa shape index (κ2) is 6.08. The van der Waals surface area contributed by atoms with E-state index in [9.17, 15) is 4.79 Å². The second-order valence-electron chi connectivity index (χ2n) is 4.35. The zero-order valence-electron chi connectivity index (χ0n) is 9.83. The average Bonchev–Trinajstić information content (AvgIpc) is 2.18. The van der Waals surface area contributed by atoms with E-state index >= 15 is 0 Å². The fourth-order valence-corrected chi connectivity index (χ4v) is 2.35. The number of nitrogens with two attached hydrogens (primary N) is 1. The molecule has 0 spiro atoms. The summed E-state index contributed by atoms with van der Waals surface area (Å²) in [5, 5.41) is 2.83. The number of amides is 1. The van der Waals surface area contributed by atoms with Gasteiger partial charge in [0.05, 0.1) is 6.54 Å². The van der Waals surface area contributed by atoms with E-state index < -0.39 is 0 Å². The highest BCUT2D eigenvalue weighted by atomic mass is 16.2. The van der Waals surface area contributed by atoms with Crippen LogP contribution in [0.15, 0.2) is 0 Å². The van der Waals surface area contributed by atoms with Crippen LogP contribution in [-0.2, 0) is 4.79 Å². The molecule has 0 saturated carbocycles. The lowest BCUT2D eigenvalue weighted by molar-refractivity contribution is -0.123. The molecule has 1 aliphatic heterocycles. The molecule has 1 amide bonds. The third kappa shape index (κ3) is 3.47. The number of nitrogens with zero attached hydrogens (tertiary/aromatic N) is 1. The Morgan fingerprint density at radius 2 is 2.33 bits per heavy atom. The van der Waals surface area contributed by atoms with Crippen LogP contribution in [0.4, 0.5) is 0 Å². The molecule has 0 aromatic carbocycles. The number of hydrogen-bond donors (Lipinski definition) is 2. The first kappa shape index (κ1) is 12.5. The normalized spacial score (nSPS) is 27.7. The van der Waals surface area contributed by atoms with Crippen LogP contribution in [0.25, 0.3) is 0 Å². The van der Waals surface area contributed by atoms with Gasteiger partial charge in [-0.1, -0.05) is 6.92 Å². The Morgan fingerprint density at radius 1 is 1.60 bits per heavy atom. The Balaban J connectivity index is 2.47. The Bertz CT molecular complexity index is 208. The first-order chi connectivity index (χ1) is 7.19. The fourth-order valence-electron chi connectivity index (χ4n) is 2.35. The van der Waals surface area contributed by atoms with Gasteiger partial charge in [0.25, 0.3) is 0 Å². The molecule has 1 heterocycles. The van der Waals surface area contributed by atoms with Gasteiger partial charge in [-0.3, -0.25) is 9.69 Å². The highest BCUT2D eigenvalue weighted by molar-refractivity contribution is 5.78. The van der Waals surface area contributed by atoms with Gasteiger partial charge in [-0.15, -0.1) is 0 Å². The number of carbonyl (C=O) groups excluding carboxylic acids is 1. The molecule has 0 aromatic rings. The Morgan fingerprint density at radius 3 is 2.93 bits per heavy atom. The molecule has 1 saturated heterocycles. The van der Waals surface area contributed by atoms with Crippen LogP contribution in [0.3, 0.4) is 0 Å². The standard InChI is InChI=1S/C11H23N3O/c1-3-13-11(15)8-14-6-4-5-9(2)10(14)7-12/h9-10H,3-8,12H2,1-2H3,(H,13,15). The fraction of sp³-hybridized carbons (Fsp3) is 0.909. The molecule has 1 aliphatic rings. The molecule has 2 atom stereocenters. The highest BCUT2D eigenvalue weighted by Gasteiger charge is 2.28. The summed E-state index contributed by atoms with van der Waals surface area (Å²) < 4.78 is 0. The SMILES string of the molecule is CCNC(=O)CN1CCCC(C)C1CN. The maximum Gasteiger partial charge on any atom is 0.234 e. The van der Waals surface area contributed by atoms with Crippen molar-refractivity contribution in [2.75, 3.05) is 26.2 Å². The Hall–Kier alpha value is -0.610. The van der Waals surface area contributed by atoms with Gasteiger partial charge in [0.1, 0.15) is 0 Å². The molecule has 0 aliphatic carbocycles. The van der Waals surface area contributed by atoms with Crippen molar-refractivity contribution in [2.24, 2.45) is 11.7 Å². The van der Waals surface area contributed by atoms with Crippen molar-refractivity contribution in [2.45, 2.75) is 32.7 Å². The van der Waals surface area contributed by atoms with Crippen molar-refractivity contribution in [3.05, 3.63) is 0 Å². The van der Waals surface area contributed by atoms with Crippen molar-refractivity contribution in [1.29, 1.82) is 0 Å².